The summed E-state index contributed by atoms with van der Waals surface area (Å²) in [6.45, 7) is 6.32. The van der Waals surface area contributed by atoms with E-state index in [9.17, 15) is 0 Å². The third-order valence-electron chi connectivity index (χ3n) is 3.50. The van der Waals surface area contributed by atoms with Crippen molar-refractivity contribution in [3.8, 4) is 6.07 Å². The molecule has 1 aromatic heterocycles. The van der Waals surface area contributed by atoms with Crippen LogP contribution in [0.15, 0.2) is 0 Å². The van der Waals surface area contributed by atoms with Gasteiger partial charge in [-0.05, 0) is 19.8 Å². The van der Waals surface area contributed by atoms with Gasteiger partial charge in [0.1, 0.15) is 0 Å². The van der Waals surface area contributed by atoms with Crippen molar-refractivity contribution in [1.29, 1.82) is 5.26 Å². The Morgan fingerprint density at radius 1 is 1.55 bits per heavy atom. The van der Waals surface area contributed by atoms with Crippen molar-refractivity contribution < 1.29 is 4.74 Å². The Balaban J connectivity index is 1.73. The van der Waals surface area contributed by atoms with E-state index in [1.54, 1.807) is 11.3 Å². The summed E-state index contributed by atoms with van der Waals surface area (Å²) in [5.41, 5.74) is 1.17. The monoisotopic (exact) mass is 294 g/mol. The van der Waals surface area contributed by atoms with Crippen LogP contribution in [0.1, 0.15) is 37.3 Å². The Labute approximate surface area is 124 Å². The number of fused-ring (bicyclic) bond motifs is 1. The summed E-state index contributed by atoms with van der Waals surface area (Å²) < 4.78 is 5.42. The molecule has 2 rings (SSSR count). The topological polar surface area (TPSA) is 70.0 Å². The molecule has 0 aromatic carbocycles. The lowest BCUT2D eigenvalue weighted by atomic mass is 10.00. The molecule has 2 N–H and O–H groups in total. The van der Waals surface area contributed by atoms with Crippen LogP contribution in [0.3, 0.4) is 0 Å². The second-order valence-electron chi connectivity index (χ2n) is 5.12. The molecule has 5 nitrogen and oxygen atoms in total. The average molecular weight is 294 g/mol. The summed E-state index contributed by atoms with van der Waals surface area (Å²) in [6.07, 6.45) is 2.71. The third-order valence-corrected chi connectivity index (χ3v) is 4.53. The van der Waals surface area contributed by atoms with Crippen LogP contribution in [0.2, 0.25) is 0 Å². The van der Waals surface area contributed by atoms with Crippen molar-refractivity contribution in [3.63, 3.8) is 0 Å². The molecule has 110 valence electrons. The van der Waals surface area contributed by atoms with Crippen LogP contribution in [0.5, 0.6) is 0 Å². The molecule has 1 aliphatic heterocycles. The normalized spacial score (nSPS) is 17.1. The van der Waals surface area contributed by atoms with Crippen LogP contribution < -0.4 is 10.6 Å². The fourth-order valence-corrected chi connectivity index (χ4v) is 3.16. The number of nitrogens with zero attached hydrogens (tertiary/aromatic N) is 2. The van der Waals surface area contributed by atoms with Crippen molar-refractivity contribution in [2.45, 2.75) is 45.8 Å². The maximum absolute atomic E-state index is 8.96. The number of anilines is 1. The lowest BCUT2D eigenvalue weighted by Crippen LogP contribution is -2.32. The zero-order chi connectivity index (χ0) is 14.4. The number of nitriles is 1. The van der Waals surface area contributed by atoms with Crippen LogP contribution in [0, 0.1) is 17.2 Å². The standard InChI is InChI=1S/C14H22N4OS/c1-3-11(7-15)6-10(2)16-9-17-14-18-12-4-5-19-8-13(12)20-14/h10-11,16H,3-6,8-9H2,1-2H3,(H,17,18). The number of rotatable bonds is 7. The number of nitrogens with one attached hydrogen (secondary N) is 2. The highest BCUT2D eigenvalue weighted by atomic mass is 32.1. The summed E-state index contributed by atoms with van der Waals surface area (Å²) in [5.74, 6) is 0.141. The molecule has 0 fully saturated rings. The Hall–Kier alpha value is -1.16. The SMILES string of the molecule is CCC(C#N)CC(C)NCNc1nc2c(s1)COCC2. The second-order valence-corrected chi connectivity index (χ2v) is 6.20. The molecule has 0 spiro atoms. The van der Waals surface area contributed by atoms with Crippen molar-refractivity contribution in [2.75, 3.05) is 18.6 Å². The average Bonchev–Trinajstić information content (AvgIpc) is 2.87. The second kappa shape index (κ2) is 7.58. The minimum atomic E-state index is 0.141. The smallest absolute Gasteiger partial charge is 0.184 e. The molecule has 2 heterocycles. The lowest BCUT2D eigenvalue weighted by molar-refractivity contribution is 0.112. The number of hydrogen-bond donors (Lipinski definition) is 2. The highest BCUT2D eigenvalue weighted by molar-refractivity contribution is 7.15. The maximum Gasteiger partial charge on any atom is 0.184 e. The first-order valence-electron chi connectivity index (χ1n) is 7.16. The van der Waals surface area contributed by atoms with Gasteiger partial charge in [-0.25, -0.2) is 4.98 Å². The summed E-state index contributed by atoms with van der Waals surface area (Å²) >= 11 is 1.67. The van der Waals surface area contributed by atoms with Gasteiger partial charge in [-0.15, -0.1) is 0 Å². The van der Waals surface area contributed by atoms with Gasteiger partial charge in [-0.1, -0.05) is 18.3 Å². The van der Waals surface area contributed by atoms with E-state index >= 15 is 0 Å². The molecule has 1 aromatic rings. The summed E-state index contributed by atoms with van der Waals surface area (Å²) in [6, 6.07) is 2.66. The van der Waals surface area contributed by atoms with E-state index in [0.29, 0.717) is 19.3 Å². The number of hydrogen-bond acceptors (Lipinski definition) is 6. The van der Waals surface area contributed by atoms with Gasteiger partial charge < -0.3 is 10.1 Å². The molecule has 2 unspecified atom stereocenters. The molecule has 20 heavy (non-hydrogen) atoms. The highest BCUT2D eigenvalue weighted by Gasteiger charge is 2.15. The van der Waals surface area contributed by atoms with Crippen molar-refractivity contribution >= 4 is 16.5 Å². The fourth-order valence-electron chi connectivity index (χ4n) is 2.22. The molecule has 0 bridgehead atoms. The van der Waals surface area contributed by atoms with Gasteiger partial charge in [0.2, 0.25) is 0 Å². The lowest BCUT2D eigenvalue weighted by Gasteiger charge is -2.16. The predicted molar refractivity (Wildman–Crippen MR) is 80.6 cm³/mol. The molecule has 1 aliphatic rings. The van der Waals surface area contributed by atoms with Crippen LogP contribution >= 0.6 is 11.3 Å². The van der Waals surface area contributed by atoms with Gasteiger partial charge in [0.15, 0.2) is 5.13 Å². The van der Waals surface area contributed by atoms with Crippen LogP contribution in [0.25, 0.3) is 0 Å². The van der Waals surface area contributed by atoms with Crippen LogP contribution in [-0.4, -0.2) is 24.3 Å². The van der Waals surface area contributed by atoms with Gasteiger partial charge in [-0.2, -0.15) is 5.26 Å². The van der Waals surface area contributed by atoms with E-state index in [2.05, 4.69) is 35.5 Å². The number of thiazole rings is 1. The zero-order valence-electron chi connectivity index (χ0n) is 12.1. The molecular formula is C14H22N4OS. The minimum absolute atomic E-state index is 0.141. The molecule has 0 radical (unpaired) electrons. The van der Waals surface area contributed by atoms with E-state index in [1.165, 1.54) is 10.6 Å². The zero-order valence-corrected chi connectivity index (χ0v) is 12.9. The van der Waals surface area contributed by atoms with Gasteiger partial charge >= 0.3 is 0 Å². The Morgan fingerprint density at radius 3 is 3.10 bits per heavy atom. The fraction of sp³-hybridized carbons (Fsp3) is 0.714. The Morgan fingerprint density at radius 2 is 2.40 bits per heavy atom. The van der Waals surface area contributed by atoms with Gasteiger partial charge in [0.25, 0.3) is 0 Å². The van der Waals surface area contributed by atoms with Crippen LogP contribution in [-0.2, 0) is 17.8 Å². The summed E-state index contributed by atoms with van der Waals surface area (Å²) in [5, 5.41) is 16.6. The largest absolute Gasteiger partial charge is 0.375 e. The Kier molecular flexibility index (Phi) is 5.77. The summed E-state index contributed by atoms with van der Waals surface area (Å²) in [7, 11) is 0. The first-order valence-corrected chi connectivity index (χ1v) is 7.97. The first-order chi connectivity index (χ1) is 9.72. The number of aromatic nitrogens is 1. The van der Waals surface area contributed by atoms with E-state index in [1.807, 2.05) is 0 Å². The maximum atomic E-state index is 8.96. The molecule has 6 heteroatoms. The van der Waals surface area contributed by atoms with E-state index < -0.39 is 0 Å². The first kappa shape index (κ1) is 15.2. The van der Waals surface area contributed by atoms with E-state index in [4.69, 9.17) is 10.00 Å². The van der Waals surface area contributed by atoms with Gasteiger partial charge in [0.05, 0.1) is 36.5 Å². The quantitative estimate of drug-likeness (QED) is 0.756. The molecule has 0 saturated carbocycles. The minimum Gasteiger partial charge on any atom is -0.375 e. The molecule has 0 amide bonds. The van der Waals surface area contributed by atoms with Gasteiger partial charge in [-0.3, -0.25) is 5.32 Å². The summed E-state index contributed by atoms with van der Waals surface area (Å²) in [4.78, 5) is 5.81. The molecule has 0 saturated heterocycles. The molecule has 0 aliphatic carbocycles. The van der Waals surface area contributed by atoms with Crippen molar-refractivity contribution in [2.24, 2.45) is 5.92 Å². The van der Waals surface area contributed by atoms with Crippen molar-refractivity contribution in [3.05, 3.63) is 10.6 Å². The van der Waals surface area contributed by atoms with Gasteiger partial charge in [0, 0.05) is 18.4 Å². The predicted octanol–water partition coefficient (Wildman–Crippen LogP) is 2.50. The highest BCUT2D eigenvalue weighted by Crippen LogP contribution is 2.26. The Bertz CT molecular complexity index is 445. The third kappa shape index (κ3) is 4.17. The van der Waals surface area contributed by atoms with Crippen LogP contribution in [0.4, 0.5) is 5.13 Å². The molecular weight excluding hydrogens is 272 g/mol. The van der Waals surface area contributed by atoms with E-state index in [0.717, 1.165) is 31.0 Å². The van der Waals surface area contributed by atoms with Crippen molar-refractivity contribution in [1.82, 2.24) is 10.3 Å². The van der Waals surface area contributed by atoms with E-state index in [-0.39, 0.29) is 5.92 Å². The molecule has 2 atom stereocenters. The number of ether oxygens (including phenoxy) is 1.